The molecule has 2 rings (SSSR count). The number of carbonyl (C=O) groups excluding carboxylic acids is 1. The van der Waals surface area contributed by atoms with Crippen LogP contribution in [0.25, 0.3) is 0 Å². The minimum absolute atomic E-state index is 0.227. The first kappa shape index (κ1) is 10.4. The van der Waals surface area contributed by atoms with Crippen LogP contribution < -0.4 is 5.32 Å². The van der Waals surface area contributed by atoms with E-state index in [1.807, 2.05) is 13.8 Å². The number of pyridine rings is 1. The van der Waals surface area contributed by atoms with E-state index in [2.05, 4.69) is 20.5 Å². The number of H-pyrrole nitrogens is 1. The number of nitrogens with zero attached hydrogens (tertiary/aromatic N) is 2. The second-order valence-electron chi connectivity index (χ2n) is 3.58. The summed E-state index contributed by atoms with van der Waals surface area (Å²) < 4.78 is 0. The van der Waals surface area contributed by atoms with Gasteiger partial charge in [0, 0.05) is 23.3 Å². The molecule has 0 radical (unpaired) electrons. The van der Waals surface area contributed by atoms with Gasteiger partial charge in [0.05, 0.1) is 0 Å². The summed E-state index contributed by atoms with van der Waals surface area (Å²) in [6.45, 7) is 3.72. The molecule has 0 unspecified atom stereocenters. The Morgan fingerprint density at radius 2 is 2.19 bits per heavy atom. The van der Waals surface area contributed by atoms with Gasteiger partial charge >= 0.3 is 0 Å². The molecule has 16 heavy (non-hydrogen) atoms. The number of anilines is 1. The van der Waals surface area contributed by atoms with Crippen LogP contribution in [-0.2, 0) is 0 Å². The van der Waals surface area contributed by atoms with Crippen molar-refractivity contribution in [3.8, 4) is 0 Å². The van der Waals surface area contributed by atoms with Gasteiger partial charge in [0.15, 0.2) is 5.69 Å². The minimum Gasteiger partial charge on any atom is -0.320 e. The molecule has 0 aliphatic heterocycles. The summed E-state index contributed by atoms with van der Waals surface area (Å²) in [5, 5.41) is 9.36. The maximum Gasteiger partial charge on any atom is 0.276 e. The minimum atomic E-state index is -0.227. The normalized spacial score (nSPS) is 10.1. The number of aromatic nitrogens is 3. The van der Waals surface area contributed by atoms with E-state index in [0.717, 1.165) is 17.1 Å². The van der Waals surface area contributed by atoms with Gasteiger partial charge in [-0.05, 0) is 32.0 Å². The molecule has 2 aromatic heterocycles. The van der Waals surface area contributed by atoms with Crippen LogP contribution in [0.15, 0.2) is 24.4 Å². The molecule has 0 saturated heterocycles. The second-order valence-corrected chi connectivity index (χ2v) is 3.58. The van der Waals surface area contributed by atoms with E-state index in [-0.39, 0.29) is 5.91 Å². The number of aryl methyl sites for hydroxylation is 2. The van der Waals surface area contributed by atoms with Crippen LogP contribution >= 0.6 is 0 Å². The van der Waals surface area contributed by atoms with Crippen molar-refractivity contribution in [2.75, 3.05) is 5.32 Å². The number of nitrogens with one attached hydrogen (secondary N) is 2. The molecule has 0 fully saturated rings. The highest BCUT2D eigenvalue weighted by Gasteiger charge is 2.09. The molecule has 0 bridgehead atoms. The number of carbonyl (C=O) groups is 1. The Labute approximate surface area is 92.9 Å². The predicted molar refractivity (Wildman–Crippen MR) is 60.3 cm³/mol. The Hall–Kier alpha value is -2.17. The maximum atomic E-state index is 11.7. The summed E-state index contributed by atoms with van der Waals surface area (Å²) in [6, 6.07) is 5.24. The molecule has 5 nitrogen and oxygen atoms in total. The highest BCUT2D eigenvalue weighted by Crippen LogP contribution is 2.09. The summed E-state index contributed by atoms with van der Waals surface area (Å²) in [6.07, 6.45) is 1.65. The zero-order chi connectivity index (χ0) is 11.5. The molecule has 2 N–H and O–H groups in total. The number of aromatic amines is 1. The number of hydrogen-bond acceptors (Lipinski definition) is 3. The van der Waals surface area contributed by atoms with Crippen LogP contribution in [0.4, 0.5) is 5.69 Å². The third kappa shape index (κ3) is 2.25. The molecular formula is C11H12N4O. The topological polar surface area (TPSA) is 70.7 Å². The monoisotopic (exact) mass is 216 g/mol. The van der Waals surface area contributed by atoms with Gasteiger partial charge in [-0.15, -0.1) is 0 Å². The van der Waals surface area contributed by atoms with Crippen LogP contribution in [0.1, 0.15) is 21.9 Å². The van der Waals surface area contributed by atoms with Crippen molar-refractivity contribution in [3.63, 3.8) is 0 Å². The molecule has 2 heterocycles. The van der Waals surface area contributed by atoms with E-state index in [1.165, 1.54) is 0 Å². The van der Waals surface area contributed by atoms with Gasteiger partial charge in [0.25, 0.3) is 5.91 Å². The molecular weight excluding hydrogens is 204 g/mol. The summed E-state index contributed by atoms with van der Waals surface area (Å²) in [5.74, 6) is -0.227. The lowest BCUT2D eigenvalue weighted by Crippen LogP contribution is -2.12. The summed E-state index contributed by atoms with van der Waals surface area (Å²) >= 11 is 0. The van der Waals surface area contributed by atoms with E-state index in [9.17, 15) is 4.79 Å². The Kier molecular flexibility index (Phi) is 2.68. The highest BCUT2D eigenvalue weighted by molar-refractivity contribution is 6.02. The Balaban J connectivity index is 2.13. The Morgan fingerprint density at radius 3 is 2.81 bits per heavy atom. The fraction of sp³-hybridized carbons (Fsp3) is 0.182. The molecule has 5 heteroatoms. The first-order valence-corrected chi connectivity index (χ1v) is 4.91. The second kappa shape index (κ2) is 4.14. The van der Waals surface area contributed by atoms with Gasteiger partial charge in [-0.1, -0.05) is 0 Å². The third-order valence-electron chi connectivity index (χ3n) is 2.09. The molecule has 0 saturated carbocycles. The average Bonchev–Trinajstić information content (AvgIpc) is 2.65. The van der Waals surface area contributed by atoms with Crippen molar-refractivity contribution in [3.05, 3.63) is 41.5 Å². The fourth-order valence-corrected chi connectivity index (χ4v) is 1.35. The standard InChI is InChI=1S/C11H12N4O/c1-7-5-9(3-4-12-7)13-11(16)10-6-8(2)14-15-10/h3-6H,1-2H3,(H,14,15)(H,12,13,16). The van der Waals surface area contributed by atoms with Gasteiger partial charge in [0.1, 0.15) is 0 Å². The van der Waals surface area contributed by atoms with Crippen molar-refractivity contribution in [2.24, 2.45) is 0 Å². The summed E-state index contributed by atoms with van der Waals surface area (Å²) in [5.41, 5.74) is 2.82. The number of hydrogen-bond donors (Lipinski definition) is 2. The van der Waals surface area contributed by atoms with Crippen LogP contribution in [0.5, 0.6) is 0 Å². The van der Waals surface area contributed by atoms with Crippen molar-refractivity contribution in [1.82, 2.24) is 15.2 Å². The first-order valence-electron chi connectivity index (χ1n) is 4.91. The Morgan fingerprint density at radius 1 is 1.38 bits per heavy atom. The average molecular weight is 216 g/mol. The van der Waals surface area contributed by atoms with Gasteiger partial charge < -0.3 is 5.32 Å². The summed E-state index contributed by atoms with van der Waals surface area (Å²) in [7, 11) is 0. The number of rotatable bonds is 2. The predicted octanol–water partition coefficient (Wildman–Crippen LogP) is 1.67. The first-order chi connectivity index (χ1) is 7.65. The van der Waals surface area contributed by atoms with Crippen LogP contribution in [0.3, 0.4) is 0 Å². The van der Waals surface area contributed by atoms with Crippen molar-refractivity contribution in [1.29, 1.82) is 0 Å². The quantitative estimate of drug-likeness (QED) is 0.802. The lowest BCUT2D eigenvalue weighted by molar-refractivity contribution is 0.102. The lowest BCUT2D eigenvalue weighted by atomic mass is 10.3. The van der Waals surface area contributed by atoms with Crippen LogP contribution in [0.2, 0.25) is 0 Å². The van der Waals surface area contributed by atoms with Gasteiger partial charge in [-0.2, -0.15) is 5.10 Å². The molecule has 0 aromatic carbocycles. The van der Waals surface area contributed by atoms with E-state index >= 15 is 0 Å². The molecule has 0 spiro atoms. The number of amides is 1. The molecule has 0 aliphatic carbocycles. The Bertz CT molecular complexity index is 518. The highest BCUT2D eigenvalue weighted by atomic mass is 16.1. The van der Waals surface area contributed by atoms with Crippen LogP contribution in [0, 0.1) is 13.8 Å². The van der Waals surface area contributed by atoms with Crippen molar-refractivity contribution < 1.29 is 4.79 Å². The van der Waals surface area contributed by atoms with Gasteiger partial charge in [0.2, 0.25) is 0 Å². The van der Waals surface area contributed by atoms with Gasteiger partial charge in [-0.3, -0.25) is 14.9 Å². The van der Waals surface area contributed by atoms with E-state index in [0.29, 0.717) is 5.69 Å². The third-order valence-corrected chi connectivity index (χ3v) is 2.09. The SMILES string of the molecule is Cc1cc(NC(=O)c2cc(C)[nH]n2)ccn1. The fourth-order valence-electron chi connectivity index (χ4n) is 1.35. The smallest absolute Gasteiger partial charge is 0.276 e. The summed E-state index contributed by atoms with van der Waals surface area (Å²) in [4.78, 5) is 15.8. The van der Waals surface area contributed by atoms with Gasteiger partial charge in [-0.25, -0.2) is 0 Å². The van der Waals surface area contributed by atoms with Crippen molar-refractivity contribution in [2.45, 2.75) is 13.8 Å². The molecule has 0 atom stereocenters. The maximum absolute atomic E-state index is 11.7. The molecule has 2 aromatic rings. The molecule has 1 amide bonds. The molecule has 0 aliphatic rings. The van der Waals surface area contributed by atoms with Crippen molar-refractivity contribution >= 4 is 11.6 Å². The lowest BCUT2D eigenvalue weighted by Gasteiger charge is -2.02. The zero-order valence-corrected chi connectivity index (χ0v) is 9.11. The van der Waals surface area contributed by atoms with Crippen LogP contribution in [-0.4, -0.2) is 21.1 Å². The van der Waals surface area contributed by atoms with E-state index < -0.39 is 0 Å². The van der Waals surface area contributed by atoms with E-state index in [1.54, 1.807) is 24.4 Å². The zero-order valence-electron chi connectivity index (χ0n) is 9.11. The largest absolute Gasteiger partial charge is 0.320 e. The molecule has 82 valence electrons. The van der Waals surface area contributed by atoms with E-state index in [4.69, 9.17) is 0 Å².